The lowest BCUT2D eigenvalue weighted by Gasteiger charge is -2.07. The number of anilines is 1. The van der Waals surface area contributed by atoms with Crippen molar-refractivity contribution in [1.82, 2.24) is 9.97 Å². The number of halogens is 3. The summed E-state index contributed by atoms with van der Waals surface area (Å²) >= 11 is 0. The molecule has 8 heteroatoms. The van der Waals surface area contributed by atoms with Crippen molar-refractivity contribution in [3.8, 4) is 5.88 Å². The molecular weight excluding hydrogens is 225 g/mol. The standard InChI is InChI=1S/C8H11F3N4O/c9-8(10,11)2-1-3-16-7-5-13-4-6(14-7)15-12/h4-5H,1-3,12H2,(H,14,15). The lowest BCUT2D eigenvalue weighted by atomic mass is 10.3. The van der Waals surface area contributed by atoms with Gasteiger partial charge in [-0.15, -0.1) is 0 Å². The fourth-order valence-electron chi connectivity index (χ4n) is 0.937. The van der Waals surface area contributed by atoms with E-state index in [4.69, 9.17) is 10.6 Å². The molecule has 0 saturated carbocycles. The number of hydrazine groups is 1. The number of nitrogen functional groups attached to an aromatic ring is 1. The van der Waals surface area contributed by atoms with Gasteiger partial charge in [-0.25, -0.2) is 5.84 Å². The maximum atomic E-state index is 11.8. The molecule has 0 aliphatic heterocycles. The first-order valence-corrected chi connectivity index (χ1v) is 4.49. The molecule has 0 atom stereocenters. The minimum Gasteiger partial charge on any atom is -0.477 e. The summed E-state index contributed by atoms with van der Waals surface area (Å²) in [5.74, 6) is 5.50. The van der Waals surface area contributed by atoms with Crippen LogP contribution in [0.15, 0.2) is 12.4 Å². The Bertz CT molecular complexity index is 331. The molecule has 90 valence electrons. The summed E-state index contributed by atoms with van der Waals surface area (Å²) in [4.78, 5) is 7.55. The van der Waals surface area contributed by atoms with Crippen LogP contribution < -0.4 is 16.0 Å². The molecule has 0 aliphatic rings. The van der Waals surface area contributed by atoms with Crippen LogP contribution in [0.5, 0.6) is 5.88 Å². The van der Waals surface area contributed by atoms with E-state index in [1.807, 2.05) is 0 Å². The predicted molar refractivity (Wildman–Crippen MR) is 50.6 cm³/mol. The Balaban J connectivity index is 2.32. The van der Waals surface area contributed by atoms with Crippen LogP contribution in [0.4, 0.5) is 19.0 Å². The second-order valence-corrected chi connectivity index (χ2v) is 2.95. The van der Waals surface area contributed by atoms with Gasteiger partial charge in [-0.2, -0.15) is 18.2 Å². The third kappa shape index (κ3) is 4.78. The number of ether oxygens (including phenoxy) is 1. The lowest BCUT2D eigenvalue weighted by molar-refractivity contribution is -0.136. The molecule has 0 aromatic carbocycles. The molecule has 0 unspecified atom stereocenters. The molecule has 3 N–H and O–H groups in total. The third-order valence-electron chi connectivity index (χ3n) is 1.61. The van der Waals surface area contributed by atoms with Crippen LogP contribution in [0.25, 0.3) is 0 Å². The highest BCUT2D eigenvalue weighted by Crippen LogP contribution is 2.21. The van der Waals surface area contributed by atoms with Gasteiger partial charge in [0.25, 0.3) is 0 Å². The quantitative estimate of drug-likeness (QED) is 0.460. The molecule has 0 radical (unpaired) electrons. The van der Waals surface area contributed by atoms with Gasteiger partial charge in [0.1, 0.15) is 0 Å². The minimum absolute atomic E-state index is 0.0672. The van der Waals surface area contributed by atoms with Gasteiger partial charge in [0.2, 0.25) is 5.88 Å². The molecule has 0 spiro atoms. The van der Waals surface area contributed by atoms with Crippen LogP contribution in [0.2, 0.25) is 0 Å². The Morgan fingerprint density at radius 2 is 2.12 bits per heavy atom. The molecule has 0 fully saturated rings. The monoisotopic (exact) mass is 236 g/mol. The average molecular weight is 236 g/mol. The fourth-order valence-corrected chi connectivity index (χ4v) is 0.937. The van der Waals surface area contributed by atoms with Gasteiger partial charge in [-0.1, -0.05) is 0 Å². The summed E-state index contributed by atoms with van der Waals surface area (Å²) in [6, 6.07) is 0. The van der Waals surface area contributed by atoms with E-state index in [0.29, 0.717) is 0 Å². The molecule has 1 aromatic heterocycles. The molecule has 0 saturated heterocycles. The van der Waals surface area contributed by atoms with Gasteiger partial charge < -0.3 is 10.2 Å². The maximum absolute atomic E-state index is 11.8. The zero-order valence-electron chi connectivity index (χ0n) is 8.29. The number of alkyl halides is 3. The van der Waals surface area contributed by atoms with Crippen LogP contribution >= 0.6 is 0 Å². The van der Waals surface area contributed by atoms with E-state index in [1.165, 1.54) is 12.4 Å². The Labute approximate surface area is 89.8 Å². The lowest BCUT2D eigenvalue weighted by Crippen LogP contribution is -2.11. The highest BCUT2D eigenvalue weighted by molar-refractivity contribution is 5.31. The molecule has 0 bridgehead atoms. The number of rotatable bonds is 5. The molecule has 1 rings (SSSR count). The first-order chi connectivity index (χ1) is 7.51. The fraction of sp³-hybridized carbons (Fsp3) is 0.500. The van der Waals surface area contributed by atoms with Crippen molar-refractivity contribution in [3.05, 3.63) is 12.4 Å². The Morgan fingerprint density at radius 3 is 2.75 bits per heavy atom. The molecule has 16 heavy (non-hydrogen) atoms. The van der Waals surface area contributed by atoms with E-state index in [9.17, 15) is 13.2 Å². The number of nitrogens with one attached hydrogen (secondary N) is 1. The van der Waals surface area contributed by atoms with E-state index in [2.05, 4.69) is 15.4 Å². The molecule has 0 aliphatic carbocycles. The van der Waals surface area contributed by atoms with Crippen molar-refractivity contribution < 1.29 is 17.9 Å². The smallest absolute Gasteiger partial charge is 0.389 e. The number of nitrogens with zero attached hydrogens (tertiary/aromatic N) is 2. The van der Waals surface area contributed by atoms with E-state index in [1.54, 1.807) is 0 Å². The molecule has 1 heterocycles. The number of hydrogen-bond acceptors (Lipinski definition) is 5. The van der Waals surface area contributed by atoms with E-state index in [0.717, 1.165) is 0 Å². The normalized spacial score (nSPS) is 11.2. The largest absolute Gasteiger partial charge is 0.477 e. The van der Waals surface area contributed by atoms with Gasteiger partial charge in [0.15, 0.2) is 5.82 Å². The zero-order chi connectivity index (χ0) is 12.0. The van der Waals surface area contributed by atoms with Gasteiger partial charge in [-0.3, -0.25) is 4.98 Å². The van der Waals surface area contributed by atoms with Crippen LogP contribution in [0, 0.1) is 0 Å². The summed E-state index contributed by atoms with van der Waals surface area (Å²) in [7, 11) is 0. The van der Waals surface area contributed by atoms with Crippen molar-refractivity contribution in [3.63, 3.8) is 0 Å². The van der Waals surface area contributed by atoms with Gasteiger partial charge in [-0.05, 0) is 6.42 Å². The first kappa shape index (κ1) is 12.5. The van der Waals surface area contributed by atoms with E-state index in [-0.39, 0.29) is 24.7 Å². The van der Waals surface area contributed by atoms with Gasteiger partial charge in [0, 0.05) is 6.42 Å². The first-order valence-electron chi connectivity index (χ1n) is 4.49. The molecule has 5 nitrogen and oxygen atoms in total. The van der Waals surface area contributed by atoms with Crippen LogP contribution in [0.3, 0.4) is 0 Å². The van der Waals surface area contributed by atoms with Crippen molar-refractivity contribution in [2.75, 3.05) is 12.0 Å². The van der Waals surface area contributed by atoms with Gasteiger partial charge >= 0.3 is 6.18 Å². The number of aromatic nitrogens is 2. The van der Waals surface area contributed by atoms with Crippen LogP contribution in [-0.4, -0.2) is 22.8 Å². The summed E-state index contributed by atoms with van der Waals surface area (Å²) < 4.78 is 40.3. The number of nitrogens with two attached hydrogens (primary N) is 1. The summed E-state index contributed by atoms with van der Waals surface area (Å²) in [6.07, 6.45) is -2.49. The SMILES string of the molecule is NNc1cncc(OCCCC(F)(F)F)n1. The highest BCUT2D eigenvalue weighted by atomic mass is 19.4. The topological polar surface area (TPSA) is 73.1 Å². The van der Waals surface area contributed by atoms with E-state index < -0.39 is 12.6 Å². The number of hydrogen-bond donors (Lipinski definition) is 2. The second-order valence-electron chi connectivity index (χ2n) is 2.95. The van der Waals surface area contributed by atoms with Crippen molar-refractivity contribution >= 4 is 5.82 Å². The predicted octanol–water partition coefficient (Wildman–Crippen LogP) is 1.48. The van der Waals surface area contributed by atoms with Crippen molar-refractivity contribution in [2.24, 2.45) is 5.84 Å². The Kier molecular flexibility index (Phi) is 4.29. The maximum Gasteiger partial charge on any atom is 0.389 e. The summed E-state index contributed by atoms with van der Waals surface area (Å²) in [5.41, 5.74) is 2.25. The highest BCUT2D eigenvalue weighted by Gasteiger charge is 2.26. The molecule has 0 amide bonds. The van der Waals surface area contributed by atoms with Gasteiger partial charge in [0.05, 0.1) is 19.0 Å². The van der Waals surface area contributed by atoms with E-state index >= 15 is 0 Å². The second kappa shape index (κ2) is 5.50. The zero-order valence-corrected chi connectivity index (χ0v) is 8.29. The van der Waals surface area contributed by atoms with Crippen LogP contribution in [0.1, 0.15) is 12.8 Å². The molecular formula is C8H11F3N4O. The Hall–Kier alpha value is -1.57. The molecule has 1 aromatic rings. The van der Waals surface area contributed by atoms with Crippen molar-refractivity contribution in [1.29, 1.82) is 0 Å². The van der Waals surface area contributed by atoms with Crippen molar-refractivity contribution in [2.45, 2.75) is 19.0 Å². The summed E-state index contributed by atoms with van der Waals surface area (Å²) in [6.45, 7) is -0.0672. The average Bonchev–Trinajstić information content (AvgIpc) is 2.23. The summed E-state index contributed by atoms with van der Waals surface area (Å²) in [5, 5.41) is 0. The third-order valence-corrected chi connectivity index (χ3v) is 1.61. The Morgan fingerprint density at radius 1 is 1.38 bits per heavy atom. The minimum atomic E-state index is -4.16. The van der Waals surface area contributed by atoms with Crippen LogP contribution in [-0.2, 0) is 0 Å².